The molecule has 148 valence electrons. The molecule has 0 fully saturated rings. The average molecular weight is 382 g/mol. The number of methoxy groups -OCH3 is 2. The van der Waals surface area contributed by atoms with Gasteiger partial charge >= 0.3 is 0 Å². The number of hydrogen-bond donors (Lipinski definition) is 1. The van der Waals surface area contributed by atoms with Crippen LogP contribution in [0, 0.1) is 0 Å². The molecule has 2 aromatic rings. The van der Waals surface area contributed by atoms with E-state index >= 15 is 0 Å². The smallest absolute Gasteiger partial charge is 0.251 e. The lowest BCUT2D eigenvalue weighted by molar-refractivity contribution is -0.135. The first-order valence-corrected chi connectivity index (χ1v) is 9.37. The number of rotatable bonds is 5. The molecule has 0 saturated carbocycles. The van der Waals surface area contributed by atoms with E-state index in [2.05, 4.69) is 5.32 Å². The highest BCUT2D eigenvalue weighted by atomic mass is 16.5. The molecule has 1 N–H and O–H groups in total. The molecule has 3 rings (SSSR count). The fourth-order valence-corrected chi connectivity index (χ4v) is 3.63. The van der Waals surface area contributed by atoms with E-state index < -0.39 is 6.04 Å². The Hall–Kier alpha value is -3.02. The molecule has 0 unspecified atom stereocenters. The van der Waals surface area contributed by atoms with E-state index in [-0.39, 0.29) is 17.9 Å². The minimum absolute atomic E-state index is 0.0998. The third kappa shape index (κ3) is 3.81. The number of carbonyl (C=O) groups is 2. The molecule has 28 heavy (non-hydrogen) atoms. The van der Waals surface area contributed by atoms with Gasteiger partial charge in [-0.15, -0.1) is 0 Å². The first-order valence-electron chi connectivity index (χ1n) is 9.37. The highest BCUT2D eigenvalue weighted by molar-refractivity contribution is 5.97. The number of ether oxygens (including phenoxy) is 2. The number of hydrogen-bond acceptors (Lipinski definition) is 4. The van der Waals surface area contributed by atoms with Crippen LogP contribution >= 0.6 is 0 Å². The molecule has 0 bridgehead atoms. The lowest BCUT2D eigenvalue weighted by atomic mass is 9.92. The monoisotopic (exact) mass is 382 g/mol. The van der Waals surface area contributed by atoms with Crippen molar-refractivity contribution in [3.63, 3.8) is 0 Å². The zero-order chi connectivity index (χ0) is 20.3. The van der Waals surface area contributed by atoms with E-state index in [1.807, 2.05) is 30.0 Å². The fraction of sp³-hybridized carbons (Fsp3) is 0.364. The Bertz CT molecular complexity index is 866. The Morgan fingerprint density at radius 3 is 2.39 bits per heavy atom. The molecule has 6 nitrogen and oxygen atoms in total. The van der Waals surface area contributed by atoms with Crippen LogP contribution in [0.3, 0.4) is 0 Å². The quantitative estimate of drug-likeness (QED) is 0.863. The maximum atomic E-state index is 13.0. The van der Waals surface area contributed by atoms with Crippen LogP contribution < -0.4 is 14.8 Å². The topological polar surface area (TPSA) is 67.9 Å². The van der Waals surface area contributed by atoms with Crippen molar-refractivity contribution in [2.45, 2.75) is 32.4 Å². The van der Waals surface area contributed by atoms with Crippen molar-refractivity contribution in [3.05, 3.63) is 59.2 Å². The zero-order valence-corrected chi connectivity index (χ0v) is 16.7. The van der Waals surface area contributed by atoms with Gasteiger partial charge in [0.25, 0.3) is 5.91 Å². The highest BCUT2D eigenvalue weighted by Crippen LogP contribution is 2.38. The summed E-state index contributed by atoms with van der Waals surface area (Å²) in [6.45, 7) is 4.31. The first kappa shape index (κ1) is 19.7. The van der Waals surface area contributed by atoms with Crippen LogP contribution in [-0.2, 0) is 11.2 Å². The fourth-order valence-electron chi connectivity index (χ4n) is 3.63. The molecule has 0 aliphatic carbocycles. The van der Waals surface area contributed by atoms with E-state index in [0.717, 1.165) is 17.5 Å². The number of carbonyl (C=O) groups excluding carboxylic acids is 2. The predicted octanol–water partition coefficient (Wildman–Crippen LogP) is 2.97. The molecule has 2 amide bonds. The second-order valence-electron chi connectivity index (χ2n) is 6.92. The molecule has 2 aromatic carbocycles. The number of fused-ring (bicyclic) bond motifs is 1. The highest BCUT2D eigenvalue weighted by Gasteiger charge is 2.32. The lowest BCUT2D eigenvalue weighted by Crippen LogP contribution is -2.49. The lowest BCUT2D eigenvalue weighted by Gasteiger charge is -2.37. The third-order valence-electron chi connectivity index (χ3n) is 5.22. The molecule has 2 atom stereocenters. The van der Waals surface area contributed by atoms with Gasteiger partial charge in [0.05, 0.1) is 20.3 Å². The number of amides is 2. The third-order valence-corrected chi connectivity index (χ3v) is 5.22. The summed E-state index contributed by atoms with van der Waals surface area (Å²) < 4.78 is 10.8. The van der Waals surface area contributed by atoms with Crippen LogP contribution in [0.5, 0.6) is 11.5 Å². The number of nitrogens with one attached hydrogen (secondary N) is 1. The SMILES string of the molecule is COc1cc2c(cc1OC)[C@H](C)N(C(=O)[C@H](C)NC(=O)c1ccccc1)CC2. The summed E-state index contributed by atoms with van der Waals surface area (Å²) in [5.41, 5.74) is 2.73. The van der Waals surface area contributed by atoms with Gasteiger partial charge in [0.2, 0.25) is 5.91 Å². The Morgan fingerprint density at radius 1 is 1.11 bits per heavy atom. The van der Waals surface area contributed by atoms with Gasteiger partial charge in [0, 0.05) is 12.1 Å². The Labute approximate surface area is 165 Å². The van der Waals surface area contributed by atoms with Crippen LogP contribution in [-0.4, -0.2) is 43.5 Å². The van der Waals surface area contributed by atoms with Gasteiger partial charge in [0.15, 0.2) is 11.5 Å². The summed E-state index contributed by atoms with van der Waals surface area (Å²) in [5.74, 6) is 0.986. The van der Waals surface area contributed by atoms with Gasteiger partial charge in [-0.2, -0.15) is 0 Å². The van der Waals surface area contributed by atoms with E-state index in [1.165, 1.54) is 0 Å². The van der Waals surface area contributed by atoms with Gasteiger partial charge < -0.3 is 19.7 Å². The molecule has 0 radical (unpaired) electrons. The summed E-state index contributed by atoms with van der Waals surface area (Å²) in [4.78, 5) is 27.2. The predicted molar refractivity (Wildman–Crippen MR) is 107 cm³/mol. The minimum atomic E-state index is -0.614. The van der Waals surface area contributed by atoms with Crippen molar-refractivity contribution >= 4 is 11.8 Å². The molecule has 0 spiro atoms. The van der Waals surface area contributed by atoms with Crippen molar-refractivity contribution in [1.29, 1.82) is 0 Å². The molecule has 0 aromatic heterocycles. The second-order valence-corrected chi connectivity index (χ2v) is 6.92. The molecular formula is C22H26N2O4. The number of benzene rings is 2. The molecule has 1 heterocycles. The standard InChI is InChI=1S/C22H26N2O4/c1-14(23-21(25)16-8-6-5-7-9-16)22(26)24-11-10-17-12-19(27-3)20(28-4)13-18(17)15(24)2/h5-9,12-15H,10-11H2,1-4H3,(H,23,25)/t14-,15-/m0/s1. The van der Waals surface area contributed by atoms with Crippen molar-refractivity contribution in [2.75, 3.05) is 20.8 Å². The average Bonchev–Trinajstić information content (AvgIpc) is 2.73. The molecule has 6 heteroatoms. The van der Waals surface area contributed by atoms with Crippen LogP contribution in [0.1, 0.15) is 41.4 Å². The van der Waals surface area contributed by atoms with Crippen LogP contribution in [0.15, 0.2) is 42.5 Å². The van der Waals surface area contributed by atoms with E-state index in [0.29, 0.717) is 23.6 Å². The first-order chi connectivity index (χ1) is 13.5. The van der Waals surface area contributed by atoms with Crippen molar-refractivity contribution in [1.82, 2.24) is 10.2 Å². The van der Waals surface area contributed by atoms with Crippen molar-refractivity contribution < 1.29 is 19.1 Å². The maximum absolute atomic E-state index is 13.0. The van der Waals surface area contributed by atoms with E-state index in [1.54, 1.807) is 45.4 Å². The summed E-state index contributed by atoms with van der Waals surface area (Å²) in [6, 6.07) is 12.1. The van der Waals surface area contributed by atoms with Crippen LogP contribution in [0.25, 0.3) is 0 Å². The number of nitrogens with zero attached hydrogens (tertiary/aromatic N) is 1. The molecule has 1 aliphatic rings. The van der Waals surface area contributed by atoms with Gasteiger partial charge in [-0.1, -0.05) is 18.2 Å². The Morgan fingerprint density at radius 2 is 1.75 bits per heavy atom. The van der Waals surface area contributed by atoms with Gasteiger partial charge in [0.1, 0.15) is 6.04 Å². The van der Waals surface area contributed by atoms with Crippen molar-refractivity contribution in [2.24, 2.45) is 0 Å². The summed E-state index contributed by atoms with van der Waals surface area (Å²) in [7, 11) is 3.21. The summed E-state index contributed by atoms with van der Waals surface area (Å²) >= 11 is 0. The normalized spacial score (nSPS) is 16.7. The van der Waals surface area contributed by atoms with Gasteiger partial charge in [-0.25, -0.2) is 0 Å². The van der Waals surface area contributed by atoms with Gasteiger partial charge in [-0.3, -0.25) is 9.59 Å². The Kier molecular flexibility index (Phi) is 5.87. The van der Waals surface area contributed by atoms with E-state index in [9.17, 15) is 9.59 Å². The summed E-state index contributed by atoms with van der Waals surface area (Å²) in [5, 5.41) is 2.80. The summed E-state index contributed by atoms with van der Waals surface area (Å²) in [6.07, 6.45) is 0.727. The Balaban J connectivity index is 1.75. The van der Waals surface area contributed by atoms with Crippen LogP contribution in [0.2, 0.25) is 0 Å². The minimum Gasteiger partial charge on any atom is -0.493 e. The molecule has 0 saturated heterocycles. The largest absolute Gasteiger partial charge is 0.493 e. The van der Waals surface area contributed by atoms with Crippen molar-refractivity contribution in [3.8, 4) is 11.5 Å². The van der Waals surface area contributed by atoms with Crippen LogP contribution in [0.4, 0.5) is 0 Å². The maximum Gasteiger partial charge on any atom is 0.251 e. The van der Waals surface area contributed by atoms with E-state index in [4.69, 9.17) is 9.47 Å². The molecular weight excluding hydrogens is 356 g/mol. The van der Waals surface area contributed by atoms with Gasteiger partial charge in [-0.05, 0) is 55.7 Å². The zero-order valence-electron chi connectivity index (χ0n) is 16.7. The molecule has 1 aliphatic heterocycles. The second kappa shape index (κ2) is 8.33.